The Morgan fingerprint density at radius 1 is 1.35 bits per heavy atom. The molecular formula is C17H24BrNO. The van der Waals surface area contributed by atoms with Crippen LogP contribution in [-0.2, 0) is 0 Å². The summed E-state index contributed by atoms with van der Waals surface area (Å²) in [5.74, 6) is 0.705. The third-order valence-corrected chi connectivity index (χ3v) is 4.95. The van der Waals surface area contributed by atoms with Crippen LogP contribution in [0.1, 0.15) is 55.5 Å². The van der Waals surface area contributed by atoms with Crippen molar-refractivity contribution in [2.45, 2.75) is 52.5 Å². The van der Waals surface area contributed by atoms with Gasteiger partial charge in [-0.25, -0.2) is 0 Å². The second-order valence-electron chi connectivity index (χ2n) is 6.20. The fourth-order valence-electron chi connectivity index (χ4n) is 3.00. The largest absolute Gasteiger partial charge is 0.335 e. The standard InChI is InChI=1S/C17H24BrNO/c1-12(2)11-19(14-7-4-5-8-14)17(20)15-9-6-10-16(18)13(15)3/h6,9-10,12,14H,4-5,7-8,11H2,1-3H3. The van der Waals surface area contributed by atoms with Crippen molar-refractivity contribution in [2.24, 2.45) is 5.92 Å². The second-order valence-corrected chi connectivity index (χ2v) is 7.06. The van der Waals surface area contributed by atoms with Gasteiger partial charge in [-0.05, 0) is 43.4 Å². The van der Waals surface area contributed by atoms with Gasteiger partial charge in [0.05, 0.1) is 0 Å². The average Bonchev–Trinajstić information content (AvgIpc) is 2.92. The molecule has 110 valence electrons. The highest BCUT2D eigenvalue weighted by molar-refractivity contribution is 9.10. The molecule has 0 atom stereocenters. The summed E-state index contributed by atoms with van der Waals surface area (Å²) in [6.45, 7) is 7.24. The Morgan fingerprint density at radius 2 is 2.00 bits per heavy atom. The molecule has 20 heavy (non-hydrogen) atoms. The lowest BCUT2D eigenvalue weighted by Gasteiger charge is -2.31. The fourth-order valence-corrected chi connectivity index (χ4v) is 3.37. The number of amides is 1. The normalized spacial score (nSPS) is 15.8. The molecule has 1 amide bonds. The average molecular weight is 338 g/mol. The predicted molar refractivity (Wildman–Crippen MR) is 87.0 cm³/mol. The van der Waals surface area contributed by atoms with Gasteiger partial charge >= 0.3 is 0 Å². The van der Waals surface area contributed by atoms with Crippen LogP contribution in [0.3, 0.4) is 0 Å². The summed E-state index contributed by atoms with van der Waals surface area (Å²) in [4.78, 5) is 15.1. The van der Waals surface area contributed by atoms with Gasteiger partial charge in [-0.15, -0.1) is 0 Å². The number of nitrogens with zero attached hydrogens (tertiary/aromatic N) is 1. The molecule has 0 aliphatic heterocycles. The van der Waals surface area contributed by atoms with Crippen LogP contribution in [0.15, 0.2) is 22.7 Å². The first kappa shape index (κ1) is 15.6. The van der Waals surface area contributed by atoms with E-state index in [-0.39, 0.29) is 5.91 Å². The summed E-state index contributed by atoms with van der Waals surface area (Å²) in [6.07, 6.45) is 4.82. The number of hydrogen-bond donors (Lipinski definition) is 0. The van der Waals surface area contributed by atoms with Crippen LogP contribution in [0.4, 0.5) is 0 Å². The Hall–Kier alpha value is -0.830. The van der Waals surface area contributed by atoms with Gasteiger partial charge in [-0.1, -0.05) is 48.7 Å². The van der Waals surface area contributed by atoms with E-state index in [1.54, 1.807) is 0 Å². The van der Waals surface area contributed by atoms with Crippen LogP contribution < -0.4 is 0 Å². The fraction of sp³-hybridized carbons (Fsp3) is 0.588. The van der Waals surface area contributed by atoms with Crippen molar-refractivity contribution in [2.75, 3.05) is 6.54 Å². The zero-order chi connectivity index (χ0) is 14.7. The molecule has 1 aromatic carbocycles. The molecule has 1 aliphatic rings. The molecule has 0 unspecified atom stereocenters. The summed E-state index contributed by atoms with van der Waals surface area (Å²) < 4.78 is 1.01. The van der Waals surface area contributed by atoms with Gasteiger partial charge in [0.2, 0.25) is 0 Å². The minimum atomic E-state index is 0.199. The Balaban J connectivity index is 2.27. The minimum Gasteiger partial charge on any atom is -0.335 e. The first-order valence-electron chi connectivity index (χ1n) is 7.56. The molecule has 1 saturated carbocycles. The summed E-state index contributed by atoms with van der Waals surface area (Å²) in [7, 11) is 0. The Kier molecular flexibility index (Phi) is 5.25. The van der Waals surface area contributed by atoms with E-state index >= 15 is 0 Å². The maximum absolute atomic E-state index is 12.9. The Labute approximate surface area is 130 Å². The van der Waals surface area contributed by atoms with Gasteiger partial charge in [0.1, 0.15) is 0 Å². The quantitative estimate of drug-likeness (QED) is 0.772. The van der Waals surface area contributed by atoms with Crippen molar-refractivity contribution < 1.29 is 4.79 Å². The van der Waals surface area contributed by atoms with Crippen molar-refractivity contribution >= 4 is 21.8 Å². The van der Waals surface area contributed by atoms with Crippen LogP contribution >= 0.6 is 15.9 Å². The maximum atomic E-state index is 12.9. The molecule has 0 spiro atoms. The lowest BCUT2D eigenvalue weighted by molar-refractivity contribution is 0.0654. The van der Waals surface area contributed by atoms with Crippen molar-refractivity contribution in [3.63, 3.8) is 0 Å². The number of hydrogen-bond acceptors (Lipinski definition) is 1. The van der Waals surface area contributed by atoms with E-state index in [0.717, 1.165) is 35.0 Å². The van der Waals surface area contributed by atoms with Crippen molar-refractivity contribution in [1.29, 1.82) is 0 Å². The summed E-state index contributed by atoms with van der Waals surface area (Å²) in [5.41, 5.74) is 1.89. The number of halogens is 1. The molecule has 3 heteroatoms. The monoisotopic (exact) mass is 337 g/mol. The van der Waals surface area contributed by atoms with Crippen molar-refractivity contribution in [1.82, 2.24) is 4.90 Å². The molecule has 0 heterocycles. The van der Waals surface area contributed by atoms with E-state index in [1.807, 2.05) is 25.1 Å². The van der Waals surface area contributed by atoms with E-state index in [4.69, 9.17) is 0 Å². The van der Waals surface area contributed by atoms with E-state index in [9.17, 15) is 4.79 Å². The van der Waals surface area contributed by atoms with Gasteiger partial charge in [-0.2, -0.15) is 0 Å². The van der Waals surface area contributed by atoms with Crippen LogP contribution in [0.5, 0.6) is 0 Å². The molecule has 0 aromatic heterocycles. The topological polar surface area (TPSA) is 20.3 Å². The number of benzene rings is 1. The highest BCUT2D eigenvalue weighted by Crippen LogP contribution is 2.28. The summed E-state index contributed by atoms with van der Waals surface area (Å²) in [6, 6.07) is 6.33. The lowest BCUT2D eigenvalue weighted by atomic mass is 10.0. The number of rotatable bonds is 4. The van der Waals surface area contributed by atoms with Crippen molar-refractivity contribution in [3.8, 4) is 0 Å². The van der Waals surface area contributed by atoms with Gasteiger partial charge in [-0.3, -0.25) is 4.79 Å². The summed E-state index contributed by atoms with van der Waals surface area (Å²) >= 11 is 3.53. The second kappa shape index (κ2) is 6.75. The van der Waals surface area contributed by atoms with Gasteiger partial charge in [0.25, 0.3) is 5.91 Å². The highest BCUT2D eigenvalue weighted by atomic mass is 79.9. The van der Waals surface area contributed by atoms with Gasteiger partial charge in [0, 0.05) is 22.6 Å². The van der Waals surface area contributed by atoms with Crippen LogP contribution in [0.2, 0.25) is 0 Å². The molecule has 1 aliphatic carbocycles. The molecule has 2 nitrogen and oxygen atoms in total. The molecule has 1 fully saturated rings. The lowest BCUT2D eigenvalue weighted by Crippen LogP contribution is -2.41. The molecule has 1 aromatic rings. The zero-order valence-corrected chi connectivity index (χ0v) is 14.2. The molecule has 0 N–H and O–H groups in total. The molecule has 0 radical (unpaired) electrons. The third-order valence-electron chi connectivity index (χ3n) is 4.09. The van der Waals surface area contributed by atoms with E-state index in [0.29, 0.717) is 12.0 Å². The molecular weight excluding hydrogens is 314 g/mol. The van der Waals surface area contributed by atoms with Gasteiger partial charge < -0.3 is 4.90 Å². The smallest absolute Gasteiger partial charge is 0.254 e. The Morgan fingerprint density at radius 3 is 2.60 bits per heavy atom. The Bertz CT molecular complexity index is 478. The summed E-state index contributed by atoms with van der Waals surface area (Å²) in [5, 5.41) is 0. The molecule has 2 rings (SSSR count). The molecule has 0 bridgehead atoms. The third kappa shape index (κ3) is 3.43. The predicted octanol–water partition coefficient (Wildman–Crippen LogP) is 4.80. The number of carbonyl (C=O) groups is 1. The van der Waals surface area contributed by atoms with E-state index < -0.39 is 0 Å². The molecule has 0 saturated heterocycles. The first-order valence-corrected chi connectivity index (χ1v) is 8.36. The zero-order valence-electron chi connectivity index (χ0n) is 12.7. The van der Waals surface area contributed by atoms with Crippen LogP contribution in [0, 0.1) is 12.8 Å². The van der Waals surface area contributed by atoms with Gasteiger partial charge in [0.15, 0.2) is 0 Å². The number of carbonyl (C=O) groups excluding carboxylic acids is 1. The van der Waals surface area contributed by atoms with Crippen LogP contribution in [-0.4, -0.2) is 23.4 Å². The SMILES string of the molecule is Cc1c(Br)cccc1C(=O)N(CC(C)C)C1CCCC1. The van der Waals surface area contributed by atoms with Crippen LogP contribution in [0.25, 0.3) is 0 Å². The minimum absolute atomic E-state index is 0.199. The highest BCUT2D eigenvalue weighted by Gasteiger charge is 2.28. The maximum Gasteiger partial charge on any atom is 0.254 e. The van der Waals surface area contributed by atoms with E-state index in [1.165, 1.54) is 12.8 Å². The van der Waals surface area contributed by atoms with E-state index in [2.05, 4.69) is 34.7 Å². The van der Waals surface area contributed by atoms with Crippen molar-refractivity contribution in [3.05, 3.63) is 33.8 Å². The first-order chi connectivity index (χ1) is 9.50.